The van der Waals surface area contributed by atoms with Gasteiger partial charge in [-0.3, -0.25) is 4.98 Å². The van der Waals surface area contributed by atoms with E-state index in [4.69, 9.17) is 6.57 Å². The van der Waals surface area contributed by atoms with Gasteiger partial charge in [0.1, 0.15) is 0 Å². The van der Waals surface area contributed by atoms with E-state index in [9.17, 15) is 0 Å². The summed E-state index contributed by atoms with van der Waals surface area (Å²) in [5.41, 5.74) is 3.56. The third-order valence-corrected chi connectivity index (χ3v) is 2.23. The van der Waals surface area contributed by atoms with E-state index in [1.54, 1.807) is 18.3 Å². The Morgan fingerprint density at radius 2 is 1.87 bits per heavy atom. The number of hydrogen-bond acceptors (Lipinski definition) is 1. The molecule has 0 aliphatic rings. The lowest BCUT2D eigenvalue weighted by atomic mass is 10.1. The molecule has 0 spiro atoms. The Morgan fingerprint density at radius 3 is 2.53 bits per heavy atom. The van der Waals surface area contributed by atoms with Gasteiger partial charge < -0.3 is 0 Å². The summed E-state index contributed by atoms with van der Waals surface area (Å²) in [4.78, 5) is 7.69. The van der Waals surface area contributed by atoms with Crippen LogP contribution in [0.1, 0.15) is 5.56 Å². The van der Waals surface area contributed by atoms with Crippen LogP contribution in [0.15, 0.2) is 42.6 Å². The molecule has 0 atom stereocenters. The largest absolute Gasteiger partial charge is 0.268 e. The standard InChI is InChI=1S/C13H10N2/c1-10-5-7-11(8-6-10)13-12(14-2)4-3-9-15-13/h3-9H,1H3. The average Bonchev–Trinajstić information content (AvgIpc) is 2.30. The van der Waals surface area contributed by atoms with Crippen LogP contribution in [-0.4, -0.2) is 4.98 Å². The van der Waals surface area contributed by atoms with Crippen LogP contribution in [0, 0.1) is 13.5 Å². The highest BCUT2D eigenvalue weighted by Gasteiger charge is 2.04. The molecule has 1 aromatic heterocycles. The van der Waals surface area contributed by atoms with E-state index >= 15 is 0 Å². The second kappa shape index (κ2) is 3.93. The minimum Gasteiger partial charge on any atom is -0.268 e. The molecule has 0 aliphatic heterocycles. The van der Waals surface area contributed by atoms with E-state index < -0.39 is 0 Å². The fourth-order valence-electron chi connectivity index (χ4n) is 1.42. The van der Waals surface area contributed by atoms with Crippen molar-refractivity contribution < 1.29 is 0 Å². The average molecular weight is 194 g/mol. The first-order valence-corrected chi connectivity index (χ1v) is 4.71. The first-order valence-electron chi connectivity index (χ1n) is 4.71. The van der Waals surface area contributed by atoms with Gasteiger partial charge in [-0.1, -0.05) is 42.0 Å². The van der Waals surface area contributed by atoms with Gasteiger partial charge in [-0.25, -0.2) is 4.85 Å². The van der Waals surface area contributed by atoms with Gasteiger partial charge in [0.25, 0.3) is 0 Å². The second-order valence-electron chi connectivity index (χ2n) is 3.35. The first kappa shape index (κ1) is 9.42. The second-order valence-corrected chi connectivity index (χ2v) is 3.35. The lowest BCUT2D eigenvalue weighted by Crippen LogP contribution is -1.82. The van der Waals surface area contributed by atoms with Crippen LogP contribution in [0.2, 0.25) is 0 Å². The Balaban J connectivity index is 2.55. The summed E-state index contributed by atoms with van der Waals surface area (Å²) >= 11 is 0. The van der Waals surface area contributed by atoms with Gasteiger partial charge >= 0.3 is 0 Å². The van der Waals surface area contributed by atoms with Crippen LogP contribution in [0.5, 0.6) is 0 Å². The van der Waals surface area contributed by atoms with Gasteiger partial charge in [-0.2, -0.15) is 0 Å². The lowest BCUT2D eigenvalue weighted by molar-refractivity contribution is 1.33. The summed E-state index contributed by atoms with van der Waals surface area (Å²) in [7, 11) is 0. The van der Waals surface area contributed by atoms with Crippen molar-refractivity contribution in [2.45, 2.75) is 6.92 Å². The molecule has 72 valence electrons. The number of benzene rings is 1. The molecule has 0 saturated heterocycles. The van der Waals surface area contributed by atoms with Crippen molar-refractivity contribution >= 4 is 5.69 Å². The minimum atomic E-state index is 0.598. The Hall–Kier alpha value is -2.14. The van der Waals surface area contributed by atoms with E-state index in [2.05, 4.69) is 9.83 Å². The summed E-state index contributed by atoms with van der Waals surface area (Å²) in [5.74, 6) is 0. The summed E-state index contributed by atoms with van der Waals surface area (Å²) in [6.45, 7) is 9.10. The van der Waals surface area contributed by atoms with Crippen LogP contribution in [0.4, 0.5) is 5.69 Å². The smallest absolute Gasteiger partial charge is 0.212 e. The van der Waals surface area contributed by atoms with Gasteiger partial charge in [-0.05, 0) is 12.5 Å². The molecule has 2 nitrogen and oxygen atoms in total. The zero-order valence-electron chi connectivity index (χ0n) is 8.44. The van der Waals surface area contributed by atoms with Crippen LogP contribution >= 0.6 is 0 Å². The van der Waals surface area contributed by atoms with Gasteiger partial charge in [0.15, 0.2) is 0 Å². The number of nitrogens with zero attached hydrogens (tertiary/aromatic N) is 2. The van der Waals surface area contributed by atoms with E-state index in [0.717, 1.165) is 11.3 Å². The minimum absolute atomic E-state index is 0.598. The highest BCUT2D eigenvalue weighted by atomic mass is 14.8. The zero-order chi connectivity index (χ0) is 10.7. The van der Waals surface area contributed by atoms with E-state index in [1.807, 2.05) is 31.2 Å². The molecule has 0 bridgehead atoms. The summed E-state index contributed by atoms with van der Waals surface area (Å²) in [6.07, 6.45) is 1.71. The molecule has 15 heavy (non-hydrogen) atoms. The van der Waals surface area contributed by atoms with Crippen molar-refractivity contribution in [3.8, 4) is 11.3 Å². The van der Waals surface area contributed by atoms with Crippen molar-refractivity contribution in [3.63, 3.8) is 0 Å². The molecule has 1 heterocycles. The summed E-state index contributed by atoms with van der Waals surface area (Å²) < 4.78 is 0. The van der Waals surface area contributed by atoms with Crippen molar-refractivity contribution in [1.29, 1.82) is 0 Å². The Morgan fingerprint density at radius 1 is 1.13 bits per heavy atom. The van der Waals surface area contributed by atoms with Crippen molar-refractivity contribution in [3.05, 3.63) is 59.6 Å². The van der Waals surface area contributed by atoms with Gasteiger partial charge in [-0.15, -0.1) is 0 Å². The Labute approximate surface area is 89.0 Å². The molecule has 1 aromatic carbocycles. The van der Waals surface area contributed by atoms with Gasteiger partial charge in [0.2, 0.25) is 5.69 Å². The molecule has 2 rings (SSSR count). The molecule has 0 aliphatic carbocycles. The number of aromatic nitrogens is 1. The van der Waals surface area contributed by atoms with Crippen molar-refractivity contribution in [2.24, 2.45) is 0 Å². The quantitative estimate of drug-likeness (QED) is 0.634. The van der Waals surface area contributed by atoms with E-state index in [0.29, 0.717) is 5.69 Å². The zero-order valence-corrected chi connectivity index (χ0v) is 8.44. The maximum Gasteiger partial charge on any atom is 0.212 e. The fourth-order valence-corrected chi connectivity index (χ4v) is 1.42. The molecule has 2 aromatic rings. The SMILES string of the molecule is [C-]#[N+]c1cccnc1-c1ccc(C)cc1. The fraction of sp³-hybridized carbons (Fsp3) is 0.0769. The molecule has 0 amide bonds. The van der Waals surface area contributed by atoms with Gasteiger partial charge in [0, 0.05) is 6.20 Å². The predicted octanol–water partition coefficient (Wildman–Crippen LogP) is 3.61. The number of pyridine rings is 1. The van der Waals surface area contributed by atoms with Crippen LogP contribution in [0.25, 0.3) is 16.1 Å². The van der Waals surface area contributed by atoms with Crippen LogP contribution in [-0.2, 0) is 0 Å². The molecule has 0 radical (unpaired) electrons. The Bertz CT molecular complexity index is 507. The molecule has 0 N–H and O–H groups in total. The molecule has 2 heteroatoms. The first-order chi connectivity index (χ1) is 7.31. The third-order valence-electron chi connectivity index (χ3n) is 2.23. The predicted molar refractivity (Wildman–Crippen MR) is 60.7 cm³/mol. The molecular formula is C13H10N2. The lowest BCUT2D eigenvalue weighted by Gasteiger charge is -2.02. The highest BCUT2D eigenvalue weighted by molar-refractivity contribution is 5.74. The van der Waals surface area contributed by atoms with Crippen LogP contribution < -0.4 is 0 Å². The molecule has 0 unspecified atom stereocenters. The number of rotatable bonds is 1. The molecule has 0 fully saturated rings. The summed E-state index contributed by atoms with van der Waals surface area (Å²) in [5, 5.41) is 0. The normalized spacial score (nSPS) is 9.60. The monoisotopic (exact) mass is 194 g/mol. The summed E-state index contributed by atoms with van der Waals surface area (Å²) in [6, 6.07) is 11.6. The maximum absolute atomic E-state index is 7.06. The van der Waals surface area contributed by atoms with Crippen molar-refractivity contribution in [2.75, 3.05) is 0 Å². The maximum atomic E-state index is 7.06. The molecular weight excluding hydrogens is 184 g/mol. The molecule has 0 saturated carbocycles. The van der Waals surface area contributed by atoms with Gasteiger partial charge in [0.05, 0.1) is 12.3 Å². The topological polar surface area (TPSA) is 17.2 Å². The number of aryl methyl sites for hydroxylation is 1. The Kier molecular flexibility index (Phi) is 2.47. The van der Waals surface area contributed by atoms with Crippen molar-refractivity contribution in [1.82, 2.24) is 4.98 Å². The van der Waals surface area contributed by atoms with E-state index in [-0.39, 0.29) is 0 Å². The van der Waals surface area contributed by atoms with E-state index in [1.165, 1.54) is 5.56 Å². The highest BCUT2D eigenvalue weighted by Crippen LogP contribution is 2.27. The number of hydrogen-bond donors (Lipinski definition) is 0. The van der Waals surface area contributed by atoms with Crippen LogP contribution in [0.3, 0.4) is 0 Å². The third kappa shape index (κ3) is 1.87.